The van der Waals surface area contributed by atoms with Crippen LogP contribution in [0.2, 0.25) is 5.02 Å². The van der Waals surface area contributed by atoms with Crippen molar-refractivity contribution >= 4 is 23.5 Å². The number of likely N-dealkylation sites (tertiary alicyclic amines) is 1. The van der Waals surface area contributed by atoms with Crippen molar-refractivity contribution < 1.29 is 29.6 Å². The summed E-state index contributed by atoms with van der Waals surface area (Å²) in [5, 5.41) is 30.2. The maximum Gasteiger partial charge on any atom is 0.253 e. The van der Waals surface area contributed by atoms with Crippen molar-refractivity contribution in [3.63, 3.8) is 0 Å². The van der Waals surface area contributed by atoms with Crippen LogP contribution < -0.4 is 14.4 Å². The quantitative estimate of drug-likeness (QED) is 0.481. The summed E-state index contributed by atoms with van der Waals surface area (Å²) in [7, 11) is 1.57. The lowest BCUT2D eigenvalue weighted by atomic mass is 9.72. The van der Waals surface area contributed by atoms with Crippen molar-refractivity contribution in [2.24, 2.45) is 5.41 Å². The van der Waals surface area contributed by atoms with E-state index in [1.165, 1.54) is 4.90 Å². The van der Waals surface area contributed by atoms with Gasteiger partial charge < -0.3 is 34.6 Å². The molecule has 11 heteroatoms. The molecule has 2 fully saturated rings. The zero-order valence-corrected chi connectivity index (χ0v) is 20.7. The average molecular weight is 507 g/mol. The number of methoxy groups -OCH3 is 1. The van der Waals surface area contributed by atoms with Crippen molar-refractivity contribution in [2.45, 2.75) is 38.1 Å². The lowest BCUT2D eigenvalue weighted by Crippen LogP contribution is -2.54. The molecule has 3 heterocycles. The van der Waals surface area contributed by atoms with Crippen LogP contribution in [0.3, 0.4) is 0 Å². The Balaban J connectivity index is 1.52. The molecule has 190 valence electrons. The zero-order chi connectivity index (χ0) is 25.3. The number of hydrogen-bond acceptors (Lipinski definition) is 9. The smallest absolute Gasteiger partial charge is 0.253 e. The second-order valence-corrected chi connectivity index (χ2v) is 9.84. The minimum absolute atomic E-state index is 0.0945. The highest BCUT2D eigenvalue weighted by Crippen LogP contribution is 2.47. The van der Waals surface area contributed by atoms with Crippen LogP contribution in [-0.2, 0) is 4.79 Å². The highest BCUT2D eigenvalue weighted by Gasteiger charge is 2.49. The van der Waals surface area contributed by atoms with Gasteiger partial charge in [0.2, 0.25) is 5.95 Å². The number of anilines is 1. The first-order valence-corrected chi connectivity index (χ1v) is 11.9. The summed E-state index contributed by atoms with van der Waals surface area (Å²) >= 11 is 5.86. The van der Waals surface area contributed by atoms with Gasteiger partial charge in [0.15, 0.2) is 17.6 Å². The summed E-state index contributed by atoms with van der Waals surface area (Å²) in [6.07, 6.45) is 0.816. The molecule has 0 spiro atoms. The van der Waals surface area contributed by atoms with E-state index in [9.17, 15) is 20.1 Å². The van der Waals surface area contributed by atoms with Crippen LogP contribution in [0, 0.1) is 5.41 Å². The minimum atomic E-state index is -1.48. The molecular weight excluding hydrogens is 476 g/mol. The van der Waals surface area contributed by atoms with Crippen LogP contribution in [0.1, 0.15) is 25.3 Å². The summed E-state index contributed by atoms with van der Waals surface area (Å²) < 4.78 is 11.8. The summed E-state index contributed by atoms with van der Waals surface area (Å²) in [4.78, 5) is 24.5. The Morgan fingerprint density at radius 1 is 1.23 bits per heavy atom. The van der Waals surface area contributed by atoms with Crippen LogP contribution in [0.4, 0.5) is 5.95 Å². The minimum Gasteiger partial charge on any atom is -0.493 e. The van der Waals surface area contributed by atoms with Gasteiger partial charge in [-0.25, -0.2) is 9.97 Å². The van der Waals surface area contributed by atoms with Gasteiger partial charge >= 0.3 is 0 Å². The van der Waals surface area contributed by atoms with Crippen molar-refractivity contribution in [1.29, 1.82) is 0 Å². The number of aliphatic hydroxyl groups is 3. The largest absolute Gasteiger partial charge is 0.493 e. The molecular formula is C24H31ClN4O6. The standard InChI is InChI=1S/C24H31ClN4O6/c1-14(31)24(2)13-29(22(33)19(32)12-30)11-18(24)15-4-5-20(34-3)21(6-15)35-17-9-28(10-17)23-26-7-16(25)8-27-23/h4-8,14,17-19,30-32H,9-13H2,1-3H3/t14?,18-,19?,24-/m0/s1. The van der Waals surface area contributed by atoms with Crippen molar-refractivity contribution in [3.05, 3.63) is 41.2 Å². The zero-order valence-electron chi connectivity index (χ0n) is 20.0. The SMILES string of the molecule is COc1ccc([C@@H]2CN(C(=O)C(O)CO)C[C@@]2(C)C(C)O)cc1OC1CN(c2ncc(Cl)cn2)C1. The van der Waals surface area contributed by atoms with E-state index in [0.717, 1.165) is 5.56 Å². The number of carbonyl (C=O) groups is 1. The summed E-state index contributed by atoms with van der Waals surface area (Å²) in [5.41, 5.74) is 0.228. The molecule has 10 nitrogen and oxygen atoms in total. The van der Waals surface area contributed by atoms with Crippen LogP contribution in [0.15, 0.2) is 30.6 Å². The van der Waals surface area contributed by atoms with Crippen molar-refractivity contribution in [3.8, 4) is 11.5 Å². The summed E-state index contributed by atoms with van der Waals surface area (Å²) in [5.74, 6) is 0.968. The number of amides is 1. The fourth-order valence-corrected chi connectivity index (χ4v) is 4.81. The summed E-state index contributed by atoms with van der Waals surface area (Å²) in [6.45, 7) is 4.73. The third-order valence-electron chi connectivity index (χ3n) is 7.08. The van der Waals surface area contributed by atoms with E-state index in [2.05, 4.69) is 9.97 Å². The number of aliphatic hydroxyl groups excluding tert-OH is 3. The number of ether oxygens (including phenoxy) is 2. The molecule has 1 aromatic heterocycles. The van der Waals surface area contributed by atoms with Crippen molar-refractivity contribution in [2.75, 3.05) is 44.8 Å². The van der Waals surface area contributed by atoms with E-state index >= 15 is 0 Å². The second-order valence-electron chi connectivity index (χ2n) is 9.41. The number of hydrogen-bond donors (Lipinski definition) is 3. The Bertz CT molecular complexity index is 1050. The van der Waals surface area contributed by atoms with Gasteiger partial charge in [0.25, 0.3) is 5.91 Å². The lowest BCUT2D eigenvalue weighted by molar-refractivity contribution is -0.141. The Labute approximate surface area is 209 Å². The first-order valence-electron chi connectivity index (χ1n) is 11.5. The normalized spacial score (nSPS) is 24.1. The van der Waals surface area contributed by atoms with Crippen LogP contribution in [0.5, 0.6) is 11.5 Å². The van der Waals surface area contributed by atoms with Crippen molar-refractivity contribution in [1.82, 2.24) is 14.9 Å². The van der Waals surface area contributed by atoms with Gasteiger partial charge in [-0.3, -0.25) is 4.79 Å². The summed E-state index contributed by atoms with van der Waals surface area (Å²) in [6, 6.07) is 5.61. The van der Waals surface area contributed by atoms with E-state index < -0.39 is 30.1 Å². The number of aromatic nitrogens is 2. The van der Waals surface area contributed by atoms with Gasteiger partial charge in [0, 0.05) is 24.4 Å². The predicted molar refractivity (Wildman–Crippen MR) is 129 cm³/mol. The van der Waals surface area contributed by atoms with Gasteiger partial charge in [-0.05, 0) is 24.6 Å². The van der Waals surface area contributed by atoms with E-state index in [0.29, 0.717) is 42.1 Å². The molecule has 35 heavy (non-hydrogen) atoms. The molecule has 0 saturated carbocycles. The lowest BCUT2D eigenvalue weighted by Gasteiger charge is -2.39. The van der Waals surface area contributed by atoms with Gasteiger partial charge in [-0.15, -0.1) is 0 Å². The topological polar surface area (TPSA) is 128 Å². The third kappa shape index (κ3) is 5.02. The van der Waals surface area contributed by atoms with E-state index in [1.807, 2.05) is 30.0 Å². The van der Waals surface area contributed by atoms with Gasteiger partial charge in [0.1, 0.15) is 6.10 Å². The number of benzene rings is 1. The fourth-order valence-electron chi connectivity index (χ4n) is 4.71. The second kappa shape index (κ2) is 10.1. The molecule has 1 aromatic carbocycles. The molecule has 1 amide bonds. The first kappa shape index (κ1) is 25.4. The molecule has 2 aromatic rings. The Morgan fingerprint density at radius 2 is 1.91 bits per heavy atom. The van der Waals surface area contributed by atoms with Gasteiger partial charge in [-0.1, -0.05) is 24.6 Å². The fraction of sp³-hybridized carbons (Fsp3) is 0.542. The van der Waals surface area contributed by atoms with E-state index in [-0.39, 0.29) is 18.6 Å². The molecule has 0 radical (unpaired) electrons. The molecule has 3 N–H and O–H groups in total. The maximum atomic E-state index is 12.6. The molecule has 2 aliphatic rings. The number of carbonyl (C=O) groups excluding carboxylic acids is 1. The van der Waals surface area contributed by atoms with Gasteiger partial charge in [-0.2, -0.15) is 0 Å². The molecule has 4 rings (SSSR count). The monoisotopic (exact) mass is 506 g/mol. The Hall–Kier alpha value is -2.66. The maximum absolute atomic E-state index is 12.6. The number of halogens is 1. The van der Waals surface area contributed by atoms with E-state index in [1.54, 1.807) is 26.4 Å². The number of nitrogens with zero attached hydrogens (tertiary/aromatic N) is 4. The highest BCUT2D eigenvalue weighted by molar-refractivity contribution is 6.30. The van der Waals surface area contributed by atoms with Crippen LogP contribution in [-0.4, -0.2) is 94.3 Å². The molecule has 0 aliphatic carbocycles. The highest BCUT2D eigenvalue weighted by atomic mass is 35.5. The van der Waals surface area contributed by atoms with Crippen LogP contribution in [0.25, 0.3) is 0 Å². The third-order valence-corrected chi connectivity index (χ3v) is 7.27. The van der Waals surface area contributed by atoms with E-state index in [4.69, 9.17) is 21.1 Å². The molecule has 2 aliphatic heterocycles. The molecule has 2 saturated heterocycles. The Morgan fingerprint density at radius 3 is 2.51 bits per heavy atom. The predicted octanol–water partition coefficient (Wildman–Crippen LogP) is 1.07. The van der Waals surface area contributed by atoms with Crippen LogP contribution >= 0.6 is 11.6 Å². The Kier molecular flexibility index (Phi) is 7.37. The molecule has 2 unspecified atom stereocenters. The molecule has 0 bridgehead atoms. The first-order chi connectivity index (χ1) is 16.7. The number of rotatable bonds is 8. The average Bonchev–Trinajstić information content (AvgIpc) is 3.19. The molecule has 4 atom stereocenters. The van der Waals surface area contributed by atoms with Gasteiger partial charge in [0.05, 0.1) is 50.3 Å².